The van der Waals surface area contributed by atoms with Gasteiger partial charge >= 0.3 is 0 Å². The number of benzene rings is 1. The number of rotatable bonds is 2. The maximum Gasteiger partial charge on any atom is 0.0913 e. The molecule has 1 unspecified atom stereocenters. The van der Waals surface area contributed by atoms with Crippen molar-refractivity contribution in [3.8, 4) is 12.3 Å². The van der Waals surface area contributed by atoms with Crippen LogP contribution in [0.4, 0.5) is 0 Å². The quantitative estimate of drug-likeness (QED) is 0.809. The van der Waals surface area contributed by atoms with Gasteiger partial charge in [0.2, 0.25) is 0 Å². The van der Waals surface area contributed by atoms with E-state index < -0.39 is 6.10 Å². The molecule has 0 bridgehead atoms. The first-order chi connectivity index (χ1) is 6.15. The number of aliphatic hydroxyl groups excluding tert-OH is 1. The van der Waals surface area contributed by atoms with E-state index in [-0.39, 0.29) is 6.42 Å². The molecule has 1 aromatic carbocycles. The molecule has 0 amide bonds. The highest BCUT2D eigenvalue weighted by Crippen LogP contribution is 2.27. The molecule has 1 rings (SSSR count). The van der Waals surface area contributed by atoms with Crippen LogP contribution in [0.5, 0.6) is 0 Å². The van der Waals surface area contributed by atoms with E-state index in [1.54, 1.807) is 12.1 Å². The molecule has 1 nitrogen and oxygen atoms in total. The largest absolute Gasteiger partial charge is 0.387 e. The van der Waals surface area contributed by atoms with Crippen molar-refractivity contribution >= 4 is 27.5 Å². The van der Waals surface area contributed by atoms with Crippen LogP contribution in [-0.4, -0.2) is 5.11 Å². The Kier molecular flexibility index (Phi) is 3.80. The second-order valence-electron chi connectivity index (χ2n) is 2.59. The molecule has 1 atom stereocenters. The van der Waals surface area contributed by atoms with Gasteiger partial charge in [0.05, 0.1) is 6.10 Å². The van der Waals surface area contributed by atoms with Crippen LogP contribution in [0, 0.1) is 12.3 Å². The van der Waals surface area contributed by atoms with Gasteiger partial charge in [-0.2, -0.15) is 0 Å². The highest BCUT2D eigenvalue weighted by atomic mass is 79.9. The second kappa shape index (κ2) is 4.66. The van der Waals surface area contributed by atoms with Crippen LogP contribution in [-0.2, 0) is 0 Å². The minimum Gasteiger partial charge on any atom is -0.387 e. The Morgan fingerprint density at radius 2 is 2.31 bits per heavy atom. The van der Waals surface area contributed by atoms with Crippen LogP contribution < -0.4 is 0 Å². The molecule has 0 aliphatic heterocycles. The highest BCUT2D eigenvalue weighted by molar-refractivity contribution is 9.10. The van der Waals surface area contributed by atoms with E-state index in [1.807, 2.05) is 6.07 Å². The fraction of sp³-hybridized carbons (Fsp3) is 0.200. The average molecular weight is 260 g/mol. The minimum atomic E-state index is -0.675. The van der Waals surface area contributed by atoms with Crippen molar-refractivity contribution in [3.63, 3.8) is 0 Å². The lowest BCUT2D eigenvalue weighted by molar-refractivity contribution is 0.184. The van der Waals surface area contributed by atoms with Crippen molar-refractivity contribution in [3.05, 3.63) is 33.3 Å². The molecule has 0 radical (unpaired) electrons. The monoisotopic (exact) mass is 258 g/mol. The van der Waals surface area contributed by atoms with E-state index in [0.29, 0.717) is 10.6 Å². The molecule has 0 spiro atoms. The van der Waals surface area contributed by atoms with Crippen molar-refractivity contribution in [2.45, 2.75) is 12.5 Å². The molecule has 0 saturated heterocycles. The third-order valence-electron chi connectivity index (χ3n) is 1.63. The van der Waals surface area contributed by atoms with E-state index in [9.17, 15) is 5.11 Å². The van der Waals surface area contributed by atoms with Crippen molar-refractivity contribution in [2.24, 2.45) is 0 Å². The first-order valence-electron chi connectivity index (χ1n) is 3.71. The molecule has 3 heteroatoms. The van der Waals surface area contributed by atoms with Gasteiger partial charge in [0, 0.05) is 21.5 Å². The third-order valence-corrected chi connectivity index (χ3v) is 2.45. The molecule has 1 aromatic rings. The first-order valence-corrected chi connectivity index (χ1v) is 4.88. The van der Waals surface area contributed by atoms with Gasteiger partial charge in [0.25, 0.3) is 0 Å². The maximum atomic E-state index is 9.55. The van der Waals surface area contributed by atoms with Gasteiger partial charge in [-0.05, 0) is 12.1 Å². The van der Waals surface area contributed by atoms with E-state index >= 15 is 0 Å². The van der Waals surface area contributed by atoms with Gasteiger partial charge in [-0.3, -0.25) is 0 Å². The number of aliphatic hydroxyl groups is 1. The van der Waals surface area contributed by atoms with Crippen molar-refractivity contribution in [1.82, 2.24) is 0 Å². The summed E-state index contributed by atoms with van der Waals surface area (Å²) in [7, 11) is 0. The smallest absolute Gasteiger partial charge is 0.0913 e. The zero-order valence-corrected chi connectivity index (χ0v) is 9.14. The number of hydrogen-bond acceptors (Lipinski definition) is 1. The Morgan fingerprint density at radius 1 is 1.62 bits per heavy atom. The molecule has 0 heterocycles. The number of halogens is 2. The molecule has 0 aromatic heterocycles. The first kappa shape index (κ1) is 10.6. The van der Waals surface area contributed by atoms with Gasteiger partial charge in [-0.25, -0.2) is 0 Å². The highest BCUT2D eigenvalue weighted by Gasteiger charge is 2.09. The van der Waals surface area contributed by atoms with Gasteiger partial charge in [-0.15, -0.1) is 12.3 Å². The van der Waals surface area contributed by atoms with Crippen LogP contribution in [0.1, 0.15) is 18.1 Å². The molecule has 68 valence electrons. The van der Waals surface area contributed by atoms with Gasteiger partial charge in [0.1, 0.15) is 0 Å². The predicted molar refractivity (Wildman–Crippen MR) is 57.6 cm³/mol. The molecular formula is C10H8BrClO. The summed E-state index contributed by atoms with van der Waals surface area (Å²) in [4.78, 5) is 0. The van der Waals surface area contributed by atoms with E-state index in [2.05, 4.69) is 21.9 Å². The summed E-state index contributed by atoms with van der Waals surface area (Å²) < 4.78 is 0.883. The maximum absolute atomic E-state index is 9.55. The van der Waals surface area contributed by atoms with Crippen LogP contribution in [0.15, 0.2) is 22.7 Å². The Hall–Kier alpha value is -0.490. The van der Waals surface area contributed by atoms with Gasteiger partial charge < -0.3 is 5.11 Å². The molecule has 0 aliphatic rings. The summed E-state index contributed by atoms with van der Waals surface area (Å²) in [5.74, 6) is 2.39. The lowest BCUT2D eigenvalue weighted by atomic mass is 10.1. The summed E-state index contributed by atoms with van der Waals surface area (Å²) in [6.07, 6.45) is 4.69. The topological polar surface area (TPSA) is 20.2 Å². The summed E-state index contributed by atoms with van der Waals surface area (Å²) in [6.45, 7) is 0. The third kappa shape index (κ3) is 2.73. The summed E-state index contributed by atoms with van der Waals surface area (Å²) in [5, 5.41) is 10.1. The molecule has 0 saturated carbocycles. The Balaban J connectivity index is 2.96. The summed E-state index contributed by atoms with van der Waals surface area (Å²) in [5.41, 5.74) is 0.669. The molecular weight excluding hydrogens is 251 g/mol. The Morgan fingerprint density at radius 3 is 2.85 bits per heavy atom. The SMILES string of the molecule is C#CCC(O)c1ccc(Br)cc1Cl. The fourth-order valence-electron chi connectivity index (χ4n) is 0.993. The van der Waals surface area contributed by atoms with Crippen molar-refractivity contribution in [1.29, 1.82) is 0 Å². The van der Waals surface area contributed by atoms with Crippen LogP contribution in [0.2, 0.25) is 5.02 Å². The standard InChI is InChI=1S/C10H8BrClO/c1-2-3-10(13)8-5-4-7(11)6-9(8)12/h1,4-6,10,13H,3H2. The minimum absolute atomic E-state index is 0.279. The van der Waals surface area contributed by atoms with Crippen molar-refractivity contribution in [2.75, 3.05) is 0 Å². The van der Waals surface area contributed by atoms with E-state index in [4.69, 9.17) is 18.0 Å². The second-order valence-corrected chi connectivity index (χ2v) is 3.91. The van der Waals surface area contributed by atoms with Crippen LogP contribution in [0.3, 0.4) is 0 Å². The van der Waals surface area contributed by atoms with Gasteiger partial charge in [0.15, 0.2) is 0 Å². The van der Waals surface area contributed by atoms with Crippen molar-refractivity contribution < 1.29 is 5.11 Å². The fourth-order valence-corrected chi connectivity index (χ4v) is 1.79. The zero-order valence-electron chi connectivity index (χ0n) is 6.80. The lowest BCUT2D eigenvalue weighted by Crippen LogP contribution is -1.96. The van der Waals surface area contributed by atoms with Gasteiger partial charge in [-0.1, -0.05) is 33.6 Å². The molecule has 0 aliphatic carbocycles. The molecule has 13 heavy (non-hydrogen) atoms. The van der Waals surface area contributed by atoms with E-state index in [0.717, 1.165) is 4.47 Å². The Labute approximate surface area is 90.9 Å². The summed E-state index contributed by atoms with van der Waals surface area (Å²) >= 11 is 9.18. The number of terminal acetylenes is 1. The molecule has 0 fully saturated rings. The lowest BCUT2D eigenvalue weighted by Gasteiger charge is -2.09. The van der Waals surface area contributed by atoms with Crippen LogP contribution in [0.25, 0.3) is 0 Å². The zero-order chi connectivity index (χ0) is 9.84. The number of hydrogen-bond donors (Lipinski definition) is 1. The molecule has 1 N–H and O–H groups in total. The van der Waals surface area contributed by atoms with Crippen LogP contribution >= 0.6 is 27.5 Å². The normalized spacial score (nSPS) is 12.2. The average Bonchev–Trinajstić information content (AvgIpc) is 2.04. The predicted octanol–water partition coefficient (Wildman–Crippen LogP) is 3.16. The summed E-state index contributed by atoms with van der Waals surface area (Å²) in [6, 6.07) is 5.31. The van der Waals surface area contributed by atoms with E-state index in [1.165, 1.54) is 0 Å². The Bertz CT molecular complexity index is 343.